The highest BCUT2D eigenvalue weighted by Crippen LogP contribution is 2.21. The highest BCUT2D eigenvalue weighted by atomic mass is 32.2. The Balaban J connectivity index is 1.86. The first-order valence-electron chi connectivity index (χ1n) is 7.20. The maximum atomic E-state index is 5.79. The lowest BCUT2D eigenvalue weighted by Gasteiger charge is -2.27. The first-order valence-corrected chi connectivity index (χ1v) is 8.36. The first kappa shape index (κ1) is 14.9. The van der Waals surface area contributed by atoms with E-state index in [1.807, 2.05) is 23.9 Å². The Kier molecular flexibility index (Phi) is 6.28. The molecule has 0 aliphatic carbocycles. The topological polar surface area (TPSA) is 34.4 Å². The monoisotopic (exact) mass is 283 g/mol. The summed E-state index contributed by atoms with van der Waals surface area (Å²) in [5.74, 6) is 4.05. The van der Waals surface area contributed by atoms with Gasteiger partial charge in [0.05, 0.1) is 18.9 Å². The van der Waals surface area contributed by atoms with Crippen LogP contribution in [0.25, 0.3) is 0 Å². The van der Waals surface area contributed by atoms with E-state index in [1.54, 1.807) is 6.26 Å². The molecule has 3 nitrogen and oxygen atoms in total. The van der Waals surface area contributed by atoms with E-state index >= 15 is 0 Å². The van der Waals surface area contributed by atoms with Crippen LogP contribution in [0.2, 0.25) is 0 Å². The van der Waals surface area contributed by atoms with Crippen molar-refractivity contribution in [3.05, 3.63) is 24.2 Å². The second-order valence-electron chi connectivity index (χ2n) is 5.58. The van der Waals surface area contributed by atoms with Gasteiger partial charge in [-0.1, -0.05) is 13.8 Å². The molecule has 1 fully saturated rings. The molecule has 1 aliphatic rings. The van der Waals surface area contributed by atoms with E-state index in [4.69, 9.17) is 9.15 Å². The highest BCUT2D eigenvalue weighted by molar-refractivity contribution is 7.99. The van der Waals surface area contributed by atoms with E-state index in [0.29, 0.717) is 18.6 Å². The van der Waals surface area contributed by atoms with Gasteiger partial charge in [-0.25, -0.2) is 0 Å². The zero-order valence-electron chi connectivity index (χ0n) is 11.9. The quantitative estimate of drug-likeness (QED) is 0.831. The summed E-state index contributed by atoms with van der Waals surface area (Å²) < 4.78 is 11.3. The number of rotatable bonds is 7. The van der Waals surface area contributed by atoms with Crippen molar-refractivity contribution in [1.29, 1.82) is 0 Å². The Hall–Kier alpha value is -0.450. The molecular formula is C15H25NO2S. The van der Waals surface area contributed by atoms with Crippen LogP contribution in [0.15, 0.2) is 22.8 Å². The molecule has 0 spiro atoms. The Bertz CT molecular complexity index is 334. The molecule has 1 saturated heterocycles. The lowest BCUT2D eigenvalue weighted by Crippen LogP contribution is -2.38. The highest BCUT2D eigenvalue weighted by Gasteiger charge is 2.21. The van der Waals surface area contributed by atoms with Crippen molar-refractivity contribution in [2.75, 3.05) is 24.7 Å². The molecule has 108 valence electrons. The molecule has 2 rings (SSSR count). The summed E-state index contributed by atoms with van der Waals surface area (Å²) in [6.07, 6.45) is 4.30. The molecule has 0 aromatic carbocycles. The van der Waals surface area contributed by atoms with E-state index in [2.05, 4.69) is 19.2 Å². The summed E-state index contributed by atoms with van der Waals surface area (Å²) in [6, 6.07) is 4.74. The van der Waals surface area contributed by atoms with Gasteiger partial charge in [-0.15, -0.1) is 0 Å². The molecule has 1 aliphatic heterocycles. The number of hydrogen-bond donors (Lipinski definition) is 1. The van der Waals surface area contributed by atoms with Crippen LogP contribution in [0.4, 0.5) is 0 Å². The molecule has 1 aromatic rings. The van der Waals surface area contributed by atoms with Crippen LogP contribution in [-0.2, 0) is 4.74 Å². The Labute approximate surface area is 120 Å². The van der Waals surface area contributed by atoms with Crippen LogP contribution in [0.3, 0.4) is 0 Å². The largest absolute Gasteiger partial charge is 0.468 e. The van der Waals surface area contributed by atoms with E-state index in [-0.39, 0.29) is 6.04 Å². The van der Waals surface area contributed by atoms with Crippen molar-refractivity contribution in [3.63, 3.8) is 0 Å². The second-order valence-corrected chi connectivity index (χ2v) is 6.73. The van der Waals surface area contributed by atoms with E-state index in [1.165, 1.54) is 24.3 Å². The van der Waals surface area contributed by atoms with Gasteiger partial charge in [0.1, 0.15) is 5.76 Å². The van der Waals surface area contributed by atoms with Crippen molar-refractivity contribution in [2.45, 2.75) is 38.8 Å². The fourth-order valence-electron chi connectivity index (χ4n) is 2.28. The van der Waals surface area contributed by atoms with Gasteiger partial charge in [0.25, 0.3) is 0 Å². The number of hydrogen-bond acceptors (Lipinski definition) is 4. The molecule has 2 heterocycles. The standard InChI is InChI=1S/C15H25NO2S/c1-12(2)9-17-10-14(15-6-3-7-18-15)16-13-5-4-8-19-11-13/h3,6-7,12-14,16H,4-5,8-11H2,1-2H3/t13-,14+/m0/s1. The van der Waals surface area contributed by atoms with Crippen LogP contribution in [0.5, 0.6) is 0 Å². The summed E-state index contributed by atoms with van der Waals surface area (Å²) in [5.41, 5.74) is 0. The van der Waals surface area contributed by atoms with E-state index in [9.17, 15) is 0 Å². The Morgan fingerprint density at radius 2 is 2.37 bits per heavy atom. The SMILES string of the molecule is CC(C)COC[C@@H](N[C@H]1CCCSC1)c1ccco1. The maximum absolute atomic E-state index is 5.79. The molecule has 0 amide bonds. The summed E-state index contributed by atoms with van der Waals surface area (Å²) in [7, 11) is 0. The third kappa shape index (κ3) is 5.21. The van der Waals surface area contributed by atoms with Crippen molar-refractivity contribution < 1.29 is 9.15 Å². The van der Waals surface area contributed by atoms with Crippen molar-refractivity contribution in [2.24, 2.45) is 5.92 Å². The molecule has 0 saturated carbocycles. The van der Waals surface area contributed by atoms with Crippen molar-refractivity contribution >= 4 is 11.8 Å². The summed E-state index contributed by atoms with van der Waals surface area (Å²) >= 11 is 2.04. The van der Waals surface area contributed by atoms with E-state index < -0.39 is 0 Å². The number of furan rings is 1. The predicted octanol–water partition coefficient (Wildman–Crippen LogP) is 3.48. The fraction of sp³-hybridized carbons (Fsp3) is 0.733. The molecule has 0 radical (unpaired) electrons. The Morgan fingerprint density at radius 1 is 1.47 bits per heavy atom. The average Bonchev–Trinajstić information content (AvgIpc) is 2.92. The molecule has 1 aromatic heterocycles. The van der Waals surface area contributed by atoms with Crippen LogP contribution < -0.4 is 5.32 Å². The molecular weight excluding hydrogens is 258 g/mol. The minimum Gasteiger partial charge on any atom is -0.468 e. The maximum Gasteiger partial charge on any atom is 0.123 e. The van der Waals surface area contributed by atoms with Gasteiger partial charge in [0.2, 0.25) is 0 Å². The minimum absolute atomic E-state index is 0.178. The van der Waals surface area contributed by atoms with Gasteiger partial charge in [-0.2, -0.15) is 11.8 Å². The fourth-order valence-corrected chi connectivity index (χ4v) is 3.37. The first-order chi connectivity index (χ1) is 9.25. The average molecular weight is 283 g/mol. The van der Waals surface area contributed by atoms with Crippen LogP contribution in [0.1, 0.15) is 38.5 Å². The third-order valence-corrected chi connectivity index (χ3v) is 4.43. The summed E-state index contributed by atoms with van der Waals surface area (Å²) in [5, 5.41) is 3.69. The van der Waals surface area contributed by atoms with Crippen molar-refractivity contribution in [1.82, 2.24) is 5.32 Å². The predicted molar refractivity (Wildman–Crippen MR) is 80.6 cm³/mol. The third-order valence-electron chi connectivity index (χ3n) is 3.22. The summed E-state index contributed by atoms with van der Waals surface area (Å²) in [4.78, 5) is 0. The van der Waals surface area contributed by atoms with Gasteiger partial charge < -0.3 is 14.5 Å². The Morgan fingerprint density at radius 3 is 3.00 bits per heavy atom. The number of thioether (sulfide) groups is 1. The minimum atomic E-state index is 0.178. The summed E-state index contributed by atoms with van der Waals surface area (Å²) in [6.45, 7) is 5.84. The van der Waals surface area contributed by atoms with Gasteiger partial charge in [-0.05, 0) is 36.6 Å². The smallest absolute Gasteiger partial charge is 0.123 e. The molecule has 0 unspecified atom stereocenters. The molecule has 0 bridgehead atoms. The number of ether oxygens (including phenoxy) is 1. The molecule has 4 heteroatoms. The van der Waals surface area contributed by atoms with Crippen molar-refractivity contribution in [3.8, 4) is 0 Å². The zero-order valence-corrected chi connectivity index (χ0v) is 12.7. The lowest BCUT2D eigenvalue weighted by atomic mass is 10.1. The van der Waals surface area contributed by atoms with E-state index in [0.717, 1.165) is 12.4 Å². The molecule has 1 N–H and O–H groups in total. The normalized spacial score (nSPS) is 21.7. The second kappa shape index (κ2) is 7.98. The van der Waals surface area contributed by atoms with Gasteiger partial charge in [0, 0.05) is 18.4 Å². The molecule has 2 atom stereocenters. The number of nitrogens with one attached hydrogen (secondary N) is 1. The molecule has 19 heavy (non-hydrogen) atoms. The lowest BCUT2D eigenvalue weighted by molar-refractivity contribution is 0.0818. The van der Waals surface area contributed by atoms with Gasteiger partial charge in [0.15, 0.2) is 0 Å². The zero-order chi connectivity index (χ0) is 13.5. The van der Waals surface area contributed by atoms with Gasteiger partial charge in [-0.3, -0.25) is 0 Å². The van der Waals surface area contributed by atoms with Crippen LogP contribution >= 0.6 is 11.8 Å². The van der Waals surface area contributed by atoms with Crippen LogP contribution in [-0.4, -0.2) is 30.8 Å². The van der Waals surface area contributed by atoms with Gasteiger partial charge >= 0.3 is 0 Å². The van der Waals surface area contributed by atoms with Crippen LogP contribution in [0, 0.1) is 5.92 Å².